The number of carbonyl (C=O) groups excluding carboxylic acids is 1. The Balaban J connectivity index is 1.80. The zero-order valence-electron chi connectivity index (χ0n) is 22.4. The summed E-state index contributed by atoms with van der Waals surface area (Å²) in [5, 5.41) is 3.93. The Morgan fingerprint density at radius 1 is 1.00 bits per heavy atom. The van der Waals surface area contributed by atoms with E-state index in [4.69, 9.17) is 18.6 Å². The molecule has 192 valence electrons. The van der Waals surface area contributed by atoms with Crippen LogP contribution in [-0.2, 0) is 4.79 Å². The average Bonchev–Trinajstić information content (AvgIpc) is 3.31. The molecule has 37 heavy (non-hydrogen) atoms. The standard InChI is InChI=1S/C31H33NO5/c1-8-36-30-21(5)31-24(25(17-37-31)22-11-12-27(34-6)28(15-22)35-7)16-23(30)20(4)14-29(33)32-26-13-18(2)9-10-19(26)3/h9-17H,8H2,1-7H3,(H,32,33)/b20-14+. The van der Waals surface area contributed by atoms with Gasteiger partial charge in [0.1, 0.15) is 11.3 Å². The summed E-state index contributed by atoms with van der Waals surface area (Å²) in [7, 11) is 3.23. The number of fused-ring (bicyclic) bond motifs is 1. The van der Waals surface area contributed by atoms with Crippen molar-refractivity contribution in [1.82, 2.24) is 0 Å². The molecule has 1 heterocycles. The molecule has 6 heteroatoms. The number of rotatable bonds is 8. The van der Waals surface area contributed by atoms with Gasteiger partial charge in [-0.2, -0.15) is 0 Å². The summed E-state index contributed by atoms with van der Waals surface area (Å²) < 4.78 is 23.0. The second-order valence-corrected chi connectivity index (χ2v) is 9.04. The maximum atomic E-state index is 13.0. The van der Waals surface area contributed by atoms with E-state index in [1.54, 1.807) is 26.6 Å². The first-order chi connectivity index (χ1) is 17.8. The van der Waals surface area contributed by atoms with E-state index in [1.165, 1.54) is 0 Å². The monoisotopic (exact) mass is 499 g/mol. The van der Waals surface area contributed by atoms with E-state index in [1.807, 2.05) is 77.1 Å². The molecule has 0 radical (unpaired) electrons. The lowest BCUT2D eigenvalue weighted by Crippen LogP contribution is -2.10. The van der Waals surface area contributed by atoms with Gasteiger partial charge in [-0.1, -0.05) is 18.2 Å². The maximum absolute atomic E-state index is 13.0. The summed E-state index contributed by atoms with van der Waals surface area (Å²) in [5.41, 5.74) is 7.99. The Hall–Kier alpha value is -4.19. The predicted octanol–water partition coefficient (Wildman–Crippen LogP) is 7.48. The quantitative estimate of drug-likeness (QED) is 0.254. The van der Waals surface area contributed by atoms with Crippen molar-refractivity contribution < 1.29 is 23.4 Å². The molecule has 0 aliphatic rings. The number of amides is 1. The average molecular weight is 500 g/mol. The zero-order chi connectivity index (χ0) is 26.7. The summed E-state index contributed by atoms with van der Waals surface area (Å²) in [4.78, 5) is 13.0. The molecule has 0 atom stereocenters. The van der Waals surface area contributed by atoms with Gasteiger partial charge in [-0.3, -0.25) is 4.79 Å². The Bertz CT molecular complexity index is 1500. The fraction of sp³-hybridized carbons (Fsp3) is 0.258. The molecule has 0 unspecified atom stereocenters. The number of hydrogen-bond acceptors (Lipinski definition) is 5. The van der Waals surface area contributed by atoms with Crippen LogP contribution in [0.15, 0.2) is 59.2 Å². The van der Waals surface area contributed by atoms with Gasteiger partial charge in [0, 0.05) is 33.8 Å². The van der Waals surface area contributed by atoms with Gasteiger partial charge in [0.25, 0.3) is 0 Å². The van der Waals surface area contributed by atoms with E-state index in [0.29, 0.717) is 23.9 Å². The van der Waals surface area contributed by atoms with Crippen LogP contribution < -0.4 is 19.5 Å². The highest BCUT2D eigenvalue weighted by molar-refractivity contribution is 6.06. The largest absolute Gasteiger partial charge is 0.493 e. The summed E-state index contributed by atoms with van der Waals surface area (Å²) in [6, 6.07) is 13.8. The summed E-state index contributed by atoms with van der Waals surface area (Å²) >= 11 is 0. The maximum Gasteiger partial charge on any atom is 0.248 e. The van der Waals surface area contributed by atoms with Crippen LogP contribution in [0.3, 0.4) is 0 Å². The second kappa shape index (κ2) is 10.8. The van der Waals surface area contributed by atoms with Crippen molar-refractivity contribution in [3.8, 4) is 28.4 Å². The predicted molar refractivity (Wildman–Crippen MR) is 149 cm³/mol. The Kier molecular flexibility index (Phi) is 7.58. The highest BCUT2D eigenvalue weighted by atomic mass is 16.5. The molecule has 1 amide bonds. The molecule has 0 aliphatic carbocycles. The Labute approximate surface area is 217 Å². The molecule has 0 bridgehead atoms. The minimum atomic E-state index is -0.196. The molecule has 1 aromatic heterocycles. The first kappa shape index (κ1) is 25.9. The third-order valence-electron chi connectivity index (χ3n) is 6.45. The van der Waals surface area contributed by atoms with E-state index in [9.17, 15) is 4.79 Å². The zero-order valence-corrected chi connectivity index (χ0v) is 22.4. The molecule has 0 aliphatic heterocycles. The van der Waals surface area contributed by atoms with Crippen molar-refractivity contribution in [3.63, 3.8) is 0 Å². The fourth-order valence-corrected chi connectivity index (χ4v) is 4.48. The molecular weight excluding hydrogens is 466 g/mol. The number of furan rings is 1. The Morgan fingerprint density at radius 3 is 2.46 bits per heavy atom. The van der Waals surface area contributed by atoms with Crippen molar-refractivity contribution >= 4 is 28.1 Å². The number of nitrogens with one attached hydrogen (secondary N) is 1. The normalized spacial score (nSPS) is 11.5. The second-order valence-electron chi connectivity index (χ2n) is 9.04. The lowest BCUT2D eigenvalue weighted by atomic mass is 9.96. The van der Waals surface area contributed by atoms with E-state index in [-0.39, 0.29) is 5.91 Å². The lowest BCUT2D eigenvalue weighted by molar-refractivity contribution is -0.111. The number of benzene rings is 3. The molecule has 6 nitrogen and oxygen atoms in total. The number of carbonyl (C=O) groups is 1. The van der Waals surface area contributed by atoms with Crippen LogP contribution in [0.2, 0.25) is 0 Å². The van der Waals surface area contributed by atoms with Crippen LogP contribution in [0.5, 0.6) is 17.2 Å². The molecule has 0 saturated carbocycles. The number of allylic oxidation sites excluding steroid dienone is 1. The first-order valence-corrected chi connectivity index (χ1v) is 12.2. The molecule has 4 aromatic rings. The molecule has 4 rings (SSSR count). The van der Waals surface area contributed by atoms with Crippen molar-refractivity contribution in [2.45, 2.75) is 34.6 Å². The molecular formula is C31H33NO5. The van der Waals surface area contributed by atoms with Crippen molar-refractivity contribution in [2.24, 2.45) is 0 Å². The number of anilines is 1. The van der Waals surface area contributed by atoms with Gasteiger partial charge < -0.3 is 23.9 Å². The van der Waals surface area contributed by atoms with Crippen LogP contribution >= 0.6 is 0 Å². The third kappa shape index (κ3) is 5.19. The smallest absolute Gasteiger partial charge is 0.248 e. The summed E-state index contributed by atoms with van der Waals surface area (Å²) in [6.45, 7) is 10.3. The number of methoxy groups -OCH3 is 2. The topological polar surface area (TPSA) is 69.9 Å². The van der Waals surface area contributed by atoms with Crippen LogP contribution in [0.1, 0.15) is 36.1 Å². The number of aryl methyl sites for hydroxylation is 3. The minimum Gasteiger partial charge on any atom is -0.493 e. The van der Waals surface area contributed by atoms with Gasteiger partial charge in [-0.05, 0) is 81.1 Å². The third-order valence-corrected chi connectivity index (χ3v) is 6.45. The van der Waals surface area contributed by atoms with E-state index in [0.717, 1.165) is 55.6 Å². The van der Waals surface area contributed by atoms with Gasteiger partial charge in [0.2, 0.25) is 5.91 Å². The van der Waals surface area contributed by atoms with E-state index >= 15 is 0 Å². The van der Waals surface area contributed by atoms with E-state index < -0.39 is 0 Å². The lowest BCUT2D eigenvalue weighted by Gasteiger charge is -2.15. The fourth-order valence-electron chi connectivity index (χ4n) is 4.48. The molecule has 0 spiro atoms. The molecule has 0 saturated heterocycles. The van der Waals surface area contributed by atoms with Crippen LogP contribution in [0.4, 0.5) is 5.69 Å². The molecule has 3 aromatic carbocycles. The van der Waals surface area contributed by atoms with Crippen LogP contribution in [0, 0.1) is 20.8 Å². The van der Waals surface area contributed by atoms with Crippen LogP contribution in [-0.4, -0.2) is 26.7 Å². The Morgan fingerprint density at radius 2 is 1.76 bits per heavy atom. The number of ether oxygens (including phenoxy) is 3. The molecule has 1 N–H and O–H groups in total. The van der Waals surface area contributed by atoms with E-state index in [2.05, 4.69) is 5.32 Å². The summed E-state index contributed by atoms with van der Waals surface area (Å²) in [6.07, 6.45) is 3.35. The SMILES string of the molecule is CCOc1c(/C(C)=C/C(=O)Nc2cc(C)ccc2C)cc2c(-c3ccc(OC)c(OC)c3)coc2c1C. The van der Waals surface area contributed by atoms with Gasteiger partial charge in [-0.15, -0.1) is 0 Å². The van der Waals surface area contributed by atoms with Crippen molar-refractivity contribution in [3.05, 3.63) is 77.1 Å². The summed E-state index contributed by atoms with van der Waals surface area (Å²) in [5.74, 6) is 1.80. The van der Waals surface area contributed by atoms with Gasteiger partial charge in [-0.25, -0.2) is 0 Å². The van der Waals surface area contributed by atoms with Gasteiger partial charge >= 0.3 is 0 Å². The van der Waals surface area contributed by atoms with Gasteiger partial charge in [0.15, 0.2) is 11.5 Å². The first-order valence-electron chi connectivity index (χ1n) is 12.2. The van der Waals surface area contributed by atoms with Crippen LogP contribution in [0.25, 0.3) is 27.7 Å². The minimum absolute atomic E-state index is 0.196. The highest BCUT2D eigenvalue weighted by Gasteiger charge is 2.20. The molecule has 0 fully saturated rings. The van der Waals surface area contributed by atoms with Crippen molar-refractivity contribution in [1.29, 1.82) is 0 Å². The highest BCUT2D eigenvalue weighted by Crippen LogP contribution is 2.42. The van der Waals surface area contributed by atoms with Crippen molar-refractivity contribution in [2.75, 3.05) is 26.1 Å². The number of hydrogen-bond donors (Lipinski definition) is 1. The van der Waals surface area contributed by atoms with Gasteiger partial charge in [0.05, 0.1) is 27.1 Å².